The van der Waals surface area contributed by atoms with Crippen LogP contribution in [0.25, 0.3) is 0 Å². The van der Waals surface area contributed by atoms with Crippen molar-refractivity contribution in [1.29, 1.82) is 0 Å². The maximum atomic E-state index is 12.3. The van der Waals surface area contributed by atoms with Gasteiger partial charge < -0.3 is 4.74 Å². The molecule has 0 heterocycles. The monoisotopic (exact) mass is 301 g/mol. The molecule has 0 unspecified atom stereocenters. The average Bonchev–Trinajstić information content (AvgIpc) is 2.96. The lowest BCUT2D eigenvalue weighted by atomic mass is 9.95. The molecule has 4 heteroatoms. The van der Waals surface area contributed by atoms with Gasteiger partial charge in [0.2, 0.25) is 6.08 Å². The molecule has 2 rings (SSSR count). The highest BCUT2D eigenvalue weighted by Gasteiger charge is 2.22. The third-order valence-corrected chi connectivity index (χ3v) is 4.19. The van der Waals surface area contributed by atoms with E-state index >= 15 is 0 Å². The van der Waals surface area contributed by atoms with E-state index in [2.05, 4.69) is 11.9 Å². The first-order chi connectivity index (χ1) is 10.7. The second-order valence-corrected chi connectivity index (χ2v) is 5.84. The summed E-state index contributed by atoms with van der Waals surface area (Å²) >= 11 is 0. The van der Waals surface area contributed by atoms with Crippen LogP contribution in [0.5, 0.6) is 0 Å². The van der Waals surface area contributed by atoms with Crippen molar-refractivity contribution >= 4 is 12.0 Å². The van der Waals surface area contributed by atoms with E-state index in [0.29, 0.717) is 30.2 Å². The quantitative estimate of drug-likeness (QED) is 0.322. The topological polar surface area (TPSA) is 55.7 Å². The molecule has 1 saturated carbocycles. The maximum Gasteiger partial charge on any atom is 0.334 e. The Balaban J connectivity index is 2.18. The normalized spacial score (nSPS) is 18.7. The van der Waals surface area contributed by atoms with Crippen molar-refractivity contribution in [1.82, 2.24) is 0 Å². The van der Waals surface area contributed by atoms with Crippen LogP contribution in [-0.4, -0.2) is 18.7 Å². The fourth-order valence-electron chi connectivity index (χ4n) is 2.93. The van der Waals surface area contributed by atoms with Gasteiger partial charge in [-0.25, -0.2) is 9.59 Å². The highest BCUT2D eigenvalue weighted by Crippen LogP contribution is 2.34. The van der Waals surface area contributed by atoms with Crippen molar-refractivity contribution in [3.63, 3.8) is 0 Å². The molecule has 0 saturated heterocycles. The van der Waals surface area contributed by atoms with Crippen LogP contribution >= 0.6 is 0 Å². The number of carbonyl (C=O) groups excluding carboxylic acids is 2. The number of aliphatic imine (C=N–C) groups is 1. The van der Waals surface area contributed by atoms with Crippen molar-refractivity contribution in [2.24, 2.45) is 10.9 Å². The van der Waals surface area contributed by atoms with Gasteiger partial charge in [0.05, 0.1) is 12.3 Å². The Kier molecular flexibility index (Phi) is 6.35. The number of carbonyl (C=O) groups is 1. The number of ether oxygens (including phenoxy) is 1. The minimum atomic E-state index is -0.300. The van der Waals surface area contributed by atoms with Gasteiger partial charge in [-0.1, -0.05) is 32.3 Å². The van der Waals surface area contributed by atoms with Gasteiger partial charge in [0.1, 0.15) is 0 Å². The van der Waals surface area contributed by atoms with Crippen LogP contribution in [-0.2, 0) is 14.3 Å². The molecule has 0 aromatic rings. The van der Waals surface area contributed by atoms with Crippen LogP contribution in [0.2, 0.25) is 0 Å². The molecule has 2 aliphatic rings. The van der Waals surface area contributed by atoms with Crippen LogP contribution in [0.15, 0.2) is 40.1 Å². The Morgan fingerprint density at radius 3 is 2.82 bits per heavy atom. The summed E-state index contributed by atoms with van der Waals surface area (Å²) in [5.74, 6) is 0.195. The zero-order chi connectivity index (χ0) is 15.8. The van der Waals surface area contributed by atoms with E-state index in [9.17, 15) is 9.59 Å². The Bertz CT molecular complexity index is 545. The molecule has 4 nitrogen and oxygen atoms in total. The fraction of sp³-hybridized carbons (Fsp3) is 0.556. The number of unbranched alkanes of at least 4 members (excludes halogenated alkanes) is 1. The number of nitrogens with zero attached hydrogens (tertiary/aromatic N) is 1. The van der Waals surface area contributed by atoms with E-state index < -0.39 is 0 Å². The number of hydrogen-bond acceptors (Lipinski definition) is 4. The minimum absolute atomic E-state index is 0.300. The number of isocyanates is 1. The van der Waals surface area contributed by atoms with Gasteiger partial charge in [-0.2, -0.15) is 4.99 Å². The molecule has 0 aromatic heterocycles. The van der Waals surface area contributed by atoms with E-state index in [4.69, 9.17) is 4.74 Å². The van der Waals surface area contributed by atoms with Crippen molar-refractivity contribution < 1.29 is 14.3 Å². The zero-order valence-corrected chi connectivity index (χ0v) is 13.1. The predicted molar refractivity (Wildman–Crippen MR) is 84.8 cm³/mol. The predicted octanol–water partition coefficient (Wildman–Crippen LogP) is 4.00. The van der Waals surface area contributed by atoms with Gasteiger partial charge in [-0.05, 0) is 42.9 Å². The summed E-state index contributed by atoms with van der Waals surface area (Å²) in [6, 6.07) is 0. The van der Waals surface area contributed by atoms with Gasteiger partial charge >= 0.3 is 5.97 Å². The Morgan fingerprint density at radius 1 is 1.36 bits per heavy atom. The van der Waals surface area contributed by atoms with E-state index in [1.165, 1.54) is 12.8 Å². The second kappa shape index (κ2) is 8.50. The molecule has 0 aromatic carbocycles. The fourth-order valence-corrected chi connectivity index (χ4v) is 2.93. The van der Waals surface area contributed by atoms with E-state index in [1.807, 2.05) is 18.2 Å². The number of allylic oxidation sites excluding steroid dienone is 5. The summed E-state index contributed by atoms with van der Waals surface area (Å²) in [6.07, 6.45) is 14.2. The highest BCUT2D eigenvalue weighted by atomic mass is 16.5. The Labute approximate surface area is 131 Å². The van der Waals surface area contributed by atoms with Crippen LogP contribution < -0.4 is 0 Å². The van der Waals surface area contributed by atoms with Crippen LogP contribution in [0.3, 0.4) is 0 Å². The van der Waals surface area contributed by atoms with E-state index in [-0.39, 0.29) is 5.97 Å². The van der Waals surface area contributed by atoms with Crippen molar-refractivity contribution in [2.45, 2.75) is 51.9 Å². The highest BCUT2D eigenvalue weighted by molar-refractivity contribution is 5.90. The third kappa shape index (κ3) is 4.54. The second-order valence-electron chi connectivity index (χ2n) is 5.84. The summed E-state index contributed by atoms with van der Waals surface area (Å²) in [5.41, 5.74) is 2.29. The molecule has 0 aliphatic heterocycles. The molecule has 0 bridgehead atoms. The molecule has 2 aliphatic carbocycles. The van der Waals surface area contributed by atoms with Crippen LogP contribution in [0.1, 0.15) is 51.9 Å². The van der Waals surface area contributed by atoms with Gasteiger partial charge in [0.15, 0.2) is 0 Å². The lowest BCUT2D eigenvalue weighted by Gasteiger charge is -2.12. The number of esters is 1. The van der Waals surface area contributed by atoms with Gasteiger partial charge in [-0.15, -0.1) is 0 Å². The summed E-state index contributed by atoms with van der Waals surface area (Å²) < 4.78 is 5.31. The molecule has 0 spiro atoms. The third-order valence-electron chi connectivity index (χ3n) is 4.19. The molecule has 1 fully saturated rings. The van der Waals surface area contributed by atoms with Gasteiger partial charge in [0, 0.05) is 12.0 Å². The zero-order valence-electron chi connectivity index (χ0n) is 13.1. The molecule has 0 amide bonds. The lowest BCUT2D eigenvalue weighted by molar-refractivity contribution is -0.139. The first-order valence-electron chi connectivity index (χ1n) is 8.11. The molecule has 22 heavy (non-hydrogen) atoms. The van der Waals surface area contributed by atoms with Crippen molar-refractivity contribution in [3.8, 4) is 0 Å². The average molecular weight is 301 g/mol. The largest absolute Gasteiger partial charge is 0.462 e. The summed E-state index contributed by atoms with van der Waals surface area (Å²) in [4.78, 5) is 26.5. The summed E-state index contributed by atoms with van der Waals surface area (Å²) in [7, 11) is 0. The maximum absolute atomic E-state index is 12.3. The van der Waals surface area contributed by atoms with Gasteiger partial charge in [-0.3, -0.25) is 0 Å². The summed E-state index contributed by atoms with van der Waals surface area (Å²) in [6.45, 7) is 2.49. The number of rotatable bonds is 6. The molecule has 0 N–H and O–H groups in total. The Hall–Kier alpha value is -1.93. The van der Waals surface area contributed by atoms with Crippen molar-refractivity contribution in [3.05, 3.63) is 35.1 Å². The standard InChI is InChI=1S/C18H23NO3/c1-2-3-10-22-18(21)16-11-15(14-6-4-5-7-14)8-9-17(12-16)19-13-20/h8-9,11,14H,2-7,10,12H2,1H3. The SMILES string of the molecule is CCCCOC(=O)C1=CC(C2CCCC2)=CC=C(N=C=O)C1. The first kappa shape index (κ1) is 16.4. The molecular weight excluding hydrogens is 278 g/mol. The van der Waals surface area contributed by atoms with Gasteiger partial charge in [0.25, 0.3) is 0 Å². The van der Waals surface area contributed by atoms with Crippen LogP contribution in [0.4, 0.5) is 0 Å². The summed E-state index contributed by atoms with van der Waals surface area (Å²) in [5, 5.41) is 0. The molecular formula is C18H23NO3. The molecule has 0 radical (unpaired) electrons. The smallest absolute Gasteiger partial charge is 0.334 e. The van der Waals surface area contributed by atoms with E-state index in [1.54, 1.807) is 6.08 Å². The Morgan fingerprint density at radius 2 is 2.14 bits per heavy atom. The molecule has 0 atom stereocenters. The van der Waals surface area contributed by atoms with E-state index in [0.717, 1.165) is 31.3 Å². The first-order valence-corrected chi connectivity index (χ1v) is 8.11. The minimum Gasteiger partial charge on any atom is -0.462 e. The van der Waals surface area contributed by atoms with Crippen LogP contribution in [0, 0.1) is 5.92 Å². The lowest BCUT2D eigenvalue weighted by Crippen LogP contribution is -2.10. The molecule has 118 valence electrons. The van der Waals surface area contributed by atoms with Crippen molar-refractivity contribution in [2.75, 3.05) is 6.61 Å². The number of hydrogen-bond donors (Lipinski definition) is 0.